The van der Waals surface area contributed by atoms with Crippen molar-refractivity contribution in [2.24, 2.45) is 11.8 Å². The highest BCUT2D eigenvalue weighted by Crippen LogP contribution is 2.44. The Hall–Kier alpha value is -0.120. The van der Waals surface area contributed by atoms with Gasteiger partial charge >= 0.3 is 0 Å². The van der Waals surface area contributed by atoms with Gasteiger partial charge in [0, 0.05) is 32.2 Å². The Balaban J connectivity index is 1.34. The highest BCUT2D eigenvalue weighted by Gasteiger charge is 2.38. The number of hydrogen-bond donors (Lipinski definition) is 1. The number of nitrogens with one attached hydrogen (secondary N) is 1. The third-order valence-electron chi connectivity index (χ3n) is 4.68. The summed E-state index contributed by atoms with van der Waals surface area (Å²) in [5.74, 6) is 2.07. The number of rotatable bonds is 4. The molecule has 0 aromatic carbocycles. The van der Waals surface area contributed by atoms with Gasteiger partial charge in [-0.1, -0.05) is 6.42 Å². The van der Waals surface area contributed by atoms with E-state index in [9.17, 15) is 0 Å². The third kappa shape index (κ3) is 2.41. The Morgan fingerprint density at radius 1 is 1.12 bits per heavy atom. The minimum absolute atomic E-state index is 0.847. The van der Waals surface area contributed by atoms with Crippen LogP contribution in [-0.2, 0) is 4.74 Å². The molecule has 3 fully saturated rings. The monoisotopic (exact) mass is 224 g/mol. The zero-order valence-corrected chi connectivity index (χ0v) is 10.2. The molecule has 1 heterocycles. The zero-order valence-electron chi connectivity index (χ0n) is 10.2. The predicted octanol–water partition coefficient (Wildman–Crippen LogP) is 1.10. The zero-order chi connectivity index (χ0) is 10.8. The first kappa shape index (κ1) is 11.0. The Morgan fingerprint density at radius 3 is 2.69 bits per heavy atom. The van der Waals surface area contributed by atoms with Gasteiger partial charge in [0.15, 0.2) is 0 Å². The molecule has 2 saturated carbocycles. The summed E-state index contributed by atoms with van der Waals surface area (Å²) in [5.41, 5.74) is 0. The van der Waals surface area contributed by atoms with Gasteiger partial charge in [-0.05, 0) is 31.1 Å². The van der Waals surface area contributed by atoms with E-state index in [-0.39, 0.29) is 0 Å². The molecule has 2 bridgehead atoms. The van der Waals surface area contributed by atoms with Crippen LogP contribution in [-0.4, -0.2) is 50.3 Å². The molecule has 3 aliphatic rings. The fourth-order valence-electron chi connectivity index (χ4n) is 3.73. The molecule has 0 spiro atoms. The summed E-state index contributed by atoms with van der Waals surface area (Å²) < 4.78 is 5.36. The molecule has 3 rings (SSSR count). The quantitative estimate of drug-likeness (QED) is 0.774. The molecule has 3 heteroatoms. The van der Waals surface area contributed by atoms with Crippen LogP contribution in [0.15, 0.2) is 0 Å². The van der Waals surface area contributed by atoms with Crippen LogP contribution in [0.4, 0.5) is 0 Å². The lowest BCUT2D eigenvalue weighted by molar-refractivity contribution is 0.0379. The van der Waals surface area contributed by atoms with E-state index in [1.807, 2.05) is 0 Å². The molecule has 0 aromatic rings. The third-order valence-corrected chi connectivity index (χ3v) is 4.68. The average Bonchev–Trinajstić information content (AvgIpc) is 2.92. The van der Waals surface area contributed by atoms with Crippen LogP contribution in [0.3, 0.4) is 0 Å². The second-order valence-electron chi connectivity index (χ2n) is 5.69. The van der Waals surface area contributed by atoms with Crippen LogP contribution < -0.4 is 5.32 Å². The summed E-state index contributed by atoms with van der Waals surface area (Å²) in [6.07, 6.45) is 5.95. The largest absolute Gasteiger partial charge is 0.379 e. The SMILES string of the molecule is C(CN1CCOCC1)N[C@@H]1C[C@H]2CC[C@H]1C2. The molecular weight excluding hydrogens is 200 g/mol. The number of fused-ring (bicyclic) bond motifs is 2. The van der Waals surface area contributed by atoms with Crippen molar-refractivity contribution in [1.82, 2.24) is 10.2 Å². The summed E-state index contributed by atoms with van der Waals surface area (Å²) in [4.78, 5) is 2.52. The predicted molar refractivity (Wildman–Crippen MR) is 64.5 cm³/mol. The first-order valence-corrected chi connectivity index (χ1v) is 6.95. The Labute approximate surface area is 98.5 Å². The van der Waals surface area contributed by atoms with Gasteiger partial charge in [-0.3, -0.25) is 4.90 Å². The maximum Gasteiger partial charge on any atom is 0.0594 e. The molecule has 3 nitrogen and oxygen atoms in total. The lowest BCUT2D eigenvalue weighted by atomic mass is 9.95. The lowest BCUT2D eigenvalue weighted by Gasteiger charge is -2.28. The lowest BCUT2D eigenvalue weighted by Crippen LogP contribution is -2.43. The molecule has 0 unspecified atom stereocenters. The van der Waals surface area contributed by atoms with Crippen LogP contribution in [0.5, 0.6) is 0 Å². The highest BCUT2D eigenvalue weighted by molar-refractivity contribution is 4.94. The van der Waals surface area contributed by atoms with Gasteiger partial charge in [-0.15, -0.1) is 0 Å². The molecule has 1 aliphatic heterocycles. The smallest absolute Gasteiger partial charge is 0.0594 e. The van der Waals surface area contributed by atoms with Crippen molar-refractivity contribution in [3.05, 3.63) is 0 Å². The minimum Gasteiger partial charge on any atom is -0.379 e. The van der Waals surface area contributed by atoms with Crippen LogP contribution >= 0.6 is 0 Å². The number of ether oxygens (including phenoxy) is 1. The van der Waals surface area contributed by atoms with E-state index in [1.54, 1.807) is 0 Å². The Bertz CT molecular complexity index is 228. The Kier molecular flexibility index (Phi) is 3.46. The first-order chi connectivity index (χ1) is 7.92. The van der Waals surface area contributed by atoms with E-state index < -0.39 is 0 Å². The van der Waals surface area contributed by atoms with Crippen molar-refractivity contribution in [3.8, 4) is 0 Å². The summed E-state index contributed by atoms with van der Waals surface area (Å²) in [7, 11) is 0. The highest BCUT2D eigenvalue weighted by atomic mass is 16.5. The molecule has 0 aromatic heterocycles. The second-order valence-corrected chi connectivity index (χ2v) is 5.69. The summed E-state index contributed by atoms with van der Waals surface area (Å²) in [5, 5.41) is 3.78. The van der Waals surface area contributed by atoms with Gasteiger partial charge in [0.2, 0.25) is 0 Å². The van der Waals surface area contributed by atoms with Gasteiger partial charge in [0.1, 0.15) is 0 Å². The van der Waals surface area contributed by atoms with E-state index in [0.29, 0.717) is 0 Å². The van der Waals surface area contributed by atoms with Crippen molar-refractivity contribution >= 4 is 0 Å². The van der Waals surface area contributed by atoms with Gasteiger partial charge in [0.25, 0.3) is 0 Å². The Morgan fingerprint density at radius 2 is 2.00 bits per heavy atom. The maximum atomic E-state index is 5.36. The van der Waals surface area contributed by atoms with Crippen molar-refractivity contribution in [2.45, 2.75) is 31.7 Å². The standard InChI is InChI=1S/C13H24N2O/c1-2-12-9-11(1)10-13(12)14-3-4-15-5-7-16-8-6-15/h11-14H,1-10H2/t11-,12-,13+/m0/s1. The first-order valence-electron chi connectivity index (χ1n) is 6.95. The van der Waals surface area contributed by atoms with Crippen molar-refractivity contribution in [2.75, 3.05) is 39.4 Å². The molecule has 3 atom stereocenters. The van der Waals surface area contributed by atoms with Gasteiger partial charge in [-0.2, -0.15) is 0 Å². The van der Waals surface area contributed by atoms with E-state index in [1.165, 1.54) is 38.8 Å². The van der Waals surface area contributed by atoms with E-state index in [4.69, 9.17) is 4.74 Å². The summed E-state index contributed by atoms with van der Waals surface area (Å²) >= 11 is 0. The van der Waals surface area contributed by atoms with Gasteiger partial charge in [0.05, 0.1) is 13.2 Å². The molecule has 1 N–H and O–H groups in total. The van der Waals surface area contributed by atoms with Crippen LogP contribution in [0, 0.1) is 11.8 Å². The van der Waals surface area contributed by atoms with E-state index in [0.717, 1.165) is 44.2 Å². The van der Waals surface area contributed by atoms with Gasteiger partial charge in [-0.25, -0.2) is 0 Å². The van der Waals surface area contributed by atoms with Crippen LogP contribution in [0.25, 0.3) is 0 Å². The topological polar surface area (TPSA) is 24.5 Å². The number of nitrogens with zero attached hydrogens (tertiary/aromatic N) is 1. The molecule has 1 saturated heterocycles. The van der Waals surface area contributed by atoms with Gasteiger partial charge < -0.3 is 10.1 Å². The van der Waals surface area contributed by atoms with E-state index in [2.05, 4.69) is 10.2 Å². The maximum absolute atomic E-state index is 5.36. The second kappa shape index (κ2) is 5.03. The molecule has 2 aliphatic carbocycles. The molecule has 0 radical (unpaired) electrons. The number of morpholine rings is 1. The molecule has 0 amide bonds. The van der Waals surface area contributed by atoms with Crippen molar-refractivity contribution in [3.63, 3.8) is 0 Å². The van der Waals surface area contributed by atoms with Crippen molar-refractivity contribution < 1.29 is 4.74 Å². The minimum atomic E-state index is 0.847. The molecular formula is C13H24N2O. The summed E-state index contributed by atoms with van der Waals surface area (Å²) in [6, 6.07) is 0.847. The van der Waals surface area contributed by atoms with Crippen LogP contribution in [0.1, 0.15) is 25.7 Å². The normalized spacial score (nSPS) is 39.4. The van der Waals surface area contributed by atoms with E-state index >= 15 is 0 Å². The fraction of sp³-hybridized carbons (Fsp3) is 1.00. The summed E-state index contributed by atoms with van der Waals surface area (Å²) in [6.45, 7) is 6.48. The average molecular weight is 224 g/mol. The fourth-order valence-corrected chi connectivity index (χ4v) is 3.73. The van der Waals surface area contributed by atoms with Crippen LogP contribution in [0.2, 0.25) is 0 Å². The van der Waals surface area contributed by atoms with Crippen molar-refractivity contribution in [1.29, 1.82) is 0 Å². The molecule has 16 heavy (non-hydrogen) atoms. The number of hydrogen-bond acceptors (Lipinski definition) is 3. The molecule has 92 valence electrons.